The number of nitrogens with zero attached hydrogens (tertiary/aromatic N) is 4. The number of benzene rings is 1. The molecule has 0 bridgehead atoms. The minimum Gasteiger partial charge on any atom is -0.349 e. The Balaban J connectivity index is 1.60. The quantitative estimate of drug-likeness (QED) is 0.505. The lowest BCUT2D eigenvalue weighted by Crippen LogP contribution is -2.52. The molecule has 28 heavy (non-hydrogen) atoms. The number of nitrogens with one attached hydrogen (secondary N) is 1. The molecule has 10 heteroatoms. The number of hydrogen-bond acceptors (Lipinski definition) is 4. The molecule has 1 saturated heterocycles. The zero-order valence-electron chi connectivity index (χ0n) is 14.8. The van der Waals surface area contributed by atoms with Crippen molar-refractivity contribution in [3.63, 3.8) is 0 Å². The highest BCUT2D eigenvalue weighted by Gasteiger charge is 2.32. The molecule has 0 amide bonds. The Morgan fingerprint density at radius 3 is 2.64 bits per heavy atom. The van der Waals surface area contributed by atoms with Crippen LogP contribution in [0.25, 0.3) is 11.0 Å². The minimum absolute atomic E-state index is 0.155. The normalized spacial score (nSPS) is 18.1. The van der Waals surface area contributed by atoms with Gasteiger partial charge in [-0.05, 0) is 63.0 Å². The standard InChI is InChI=1S/C18H16Br2F3N5/c1-10-9-27(5-6-28(10)16-12(19)3-2-4-24-16)17-25-14-8-11(18(21,22)23)7-13(20)15(14)26-17/h2-4,7-8,10H,5-6,9H2,1H3,(H,25,26)/t10-/m1/s1. The lowest BCUT2D eigenvalue weighted by atomic mass is 10.2. The third kappa shape index (κ3) is 3.59. The summed E-state index contributed by atoms with van der Waals surface area (Å²) in [4.78, 5) is 16.3. The lowest BCUT2D eigenvalue weighted by molar-refractivity contribution is -0.137. The predicted octanol–water partition coefficient (Wildman–Crippen LogP) is 5.22. The Morgan fingerprint density at radius 1 is 1.18 bits per heavy atom. The van der Waals surface area contributed by atoms with Crippen molar-refractivity contribution in [1.29, 1.82) is 0 Å². The number of fused-ring (bicyclic) bond motifs is 1. The third-order valence-electron chi connectivity index (χ3n) is 4.79. The fraction of sp³-hybridized carbons (Fsp3) is 0.333. The van der Waals surface area contributed by atoms with Crippen molar-refractivity contribution in [3.8, 4) is 0 Å². The van der Waals surface area contributed by atoms with Crippen molar-refractivity contribution in [2.45, 2.75) is 19.1 Å². The highest BCUT2D eigenvalue weighted by molar-refractivity contribution is 9.11. The molecule has 2 aromatic heterocycles. The van der Waals surface area contributed by atoms with Crippen molar-refractivity contribution >= 4 is 54.7 Å². The number of rotatable bonds is 2. The van der Waals surface area contributed by atoms with Crippen LogP contribution in [0.15, 0.2) is 39.4 Å². The highest BCUT2D eigenvalue weighted by atomic mass is 79.9. The number of pyridine rings is 1. The van der Waals surface area contributed by atoms with E-state index in [1.165, 1.54) is 0 Å². The van der Waals surface area contributed by atoms with E-state index in [4.69, 9.17) is 0 Å². The first kappa shape index (κ1) is 19.5. The van der Waals surface area contributed by atoms with Gasteiger partial charge in [0.25, 0.3) is 0 Å². The molecule has 1 aliphatic rings. The minimum atomic E-state index is -4.40. The van der Waals surface area contributed by atoms with Gasteiger partial charge in [0.05, 0.1) is 15.6 Å². The fourth-order valence-corrected chi connectivity index (χ4v) is 4.46. The molecule has 0 saturated carbocycles. The smallest absolute Gasteiger partial charge is 0.349 e. The van der Waals surface area contributed by atoms with Gasteiger partial charge in [0.1, 0.15) is 11.3 Å². The van der Waals surface area contributed by atoms with Gasteiger partial charge in [0.2, 0.25) is 5.95 Å². The fourth-order valence-electron chi connectivity index (χ4n) is 3.43. The zero-order valence-corrected chi connectivity index (χ0v) is 17.9. The van der Waals surface area contributed by atoms with Gasteiger partial charge < -0.3 is 14.8 Å². The number of aromatic amines is 1. The summed E-state index contributed by atoms with van der Waals surface area (Å²) < 4.78 is 40.4. The molecule has 4 rings (SSSR count). The molecule has 3 aromatic rings. The second-order valence-electron chi connectivity index (χ2n) is 6.71. The van der Waals surface area contributed by atoms with E-state index in [0.29, 0.717) is 34.5 Å². The Labute approximate surface area is 176 Å². The first-order valence-corrected chi connectivity index (χ1v) is 10.2. The van der Waals surface area contributed by atoms with E-state index in [9.17, 15) is 13.2 Å². The third-order valence-corrected chi connectivity index (χ3v) is 6.02. The van der Waals surface area contributed by atoms with E-state index in [1.54, 1.807) is 6.20 Å². The van der Waals surface area contributed by atoms with Crippen molar-refractivity contribution in [3.05, 3.63) is 45.0 Å². The second kappa shape index (κ2) is 7.22. The molecule has 0 spiro atoms. The van der Waals surface area contributed by atoms with Gasteiger partial charge in [-0.2, -0.15) is 13.2 Å². The van der Waals surface area contributed by atoms with Gasteiger partial charge in [-0.3, -0.25) is 0 Å². The summed E-state index contributed by atoms with van der Waals surface area (Å²) in [5.41, 5.74) is 0.144. The van der Waals surface area contributed by atoms with Gasteiger partial charge in [-0.15, -0.1) is 0 Å². The van der Waals surface area contributed by atoms with Crippen LogP contribution in [0.2, 0.25) is 0 Å². The number of imidazole rings is 1. The van der Waals surface area contributed by atoms with Gasteiger partial charge in [0, 0.05) is 36.3 Å². The molecular weight excluding hydrogens is 503 g/mol. The van der Waals surface area contributed by atoms with Gasteiger partial charge in [-0.25, -0.2) is 9.97 Å². The molecule has 0 unspecified atom stereocenters. The summed E-state index contributed by atoms with van der Waals surface area (Å²) in [5.74, 6) is 1.46. The maximum atomic E-state index is 13.1. The van der Waals surface area contributed by atoms with Crippen LogP contribution in [-0.2, 0) is 6.18 Å². The molecule has 5 nitrogen and oxygen atoms in total. The van der Waals surface area contributed by atoms with E-state index in [1.807, 2.05) is 12.1 Å². The van der Waals surface area contributed by atoms with Gasteiger partial charge in [-0.1, -0.05) is 0 Å². The molecule has 1 aromatic carbocycles. The van der Waals surface area contributed by atoms with Crippen molar-refractivity contribution in [2.75, 3.05) is 29.4 Å². The van der Waals surface area contributed by atoms with Crippen LogP contribution >= 0.6 is 31.9 Å². The van der Waals surface area contributed by atoms with E-state index < -0.39 is 11.7 Å². The molecule has 3 heterocycles. The van der Waals surface area contributed by atoms with Crippen LogP contribution in [0.5, 0.6) is 0 Å². The average Bonchev–Trinajstić information content (AvgIpc) is 3.07. The number of halogens is 5. The maximum Gasteiger partial charge on any atom is 0.416 e. The zero-order chi connectivity index (χ0) is 20.1. The number of anilines is 2. The van der Waals surface area contributed by atoms with Crippen LogP contribution in [-0.4, -0.2) is 40.6 Å². The molecule has 0 aliphatic carbocycles. The van der Waals surface area contributed by atoms with Crippen molar-refractivity contribution < 1.29 is 13.2 Å². The van der Waals surface area contributed by atoms with E-state index in [-0.39, 0.29) is 6.04 Å². The SMILES string of the molecule is C[C@@H]1CN(c2nc3c(Br)cc(C(F)(F)F)cc3[nH]2)CCN1c1ncccc1Br. The van der Waals surface area contributed by atoms with Crippen LogP contribution in [0.1, 0.15) is 12.5 Å². The van der Waals surface area contributed by atoms with Crippen LogP contribution in [0.3, 0.4) is 0 Å². The molecule has 1 aliphatic heterocycles. The number of alkyl halides is 3. The summed E-state index contributed by atoms with van der Waals surface area (Å²) in [6.07, 6.45) is -2.65. The number of piperazine rings is 1. The van der Waals surface area contributed by atoms with Gasteiger partial charge >= 0.3 is 6.18 Å². The van der Waals surface area contributed by atoms with Crippen LogP contribution in [0.4, 0.5) is 24.9 Å². The maximum absolute atomic E-state index is 13.1. The van der Waals surface area contributed by atoms with Crippen molar-refractivity contribution in [2.24, 2.45) is 0 Å². The Hall–Kier alpha value is -1.81. The first-order chi connectivity index (χ1) is 13.2. The molecule has 148 valence electrons. The van der Waals surface area contributed by atoms with Gasteiger partial charge in [0.15, 0.2) is 0 Å². The monoisotopic (exact) mass is 517 g/mol. The summed E-state index contributed by atoms with van der Waals surface area (Å²) in [7, 11) is 0. The van der Waals surface area contributed by atoms with E-state index in [2.05, 4.69) is 63.5 Å². The van der Waals surface area contributed by atoms with Crippen molar-refractivity contribution in [1.82, 2.24) is 15.0 Å². The summed E-state index contributed by atoms with van der Waals surface area (Å²) in [5, 5.41) is 0. The van der Waals surface area contributed by atoms with E-state index in [0.717, 1.165) is 29.0 Å². The Bertz CT molecular complexity index is 1020. The topological polar surface area (TPSA) is 48.1 Å². The average molecular weight is 519 g/mol. The highest BCUT2D eigenvalue weighted by Crippen LogP contribution is 2.36. The molecule has 1 N–H and O–H groups in total. The molecule has 0 radical (unpaired) electrons. The summed E-state index contributed by atoms with van der Waals surface area (Å²) >= 11 is 6.75. The van der Waals surface area contributed by atoms with E-state index >= 15 is 0 Å². The number of aromatic nitrogens is 3. The second-order valence-corrected chi connectivity index (χ2v) is 8.42. The Morgan fingerprint density at radius 2 is 1.96 bits per heavy atom. The number of hydrogen-bond donors (Lipinski definition) is 1. The van der Waals surface area contributed by atoms with Crippen LogP contribution in [0, 0.1) is 0 Å². The Kier molecular flexibility index (Phi) is 5.03. The van der Waals surface area contributed by atoms with Crippen LogP contribution < -0.4 is 9.80 Å². The lowest BCUT2D eigenvalue weighted by Gasteiger charge is -2.40. The number of H-pyrrole nitrogens is 1. The molecular formula is C18H16Br2F3N5. The molecule has 1 atom stereocenters. The summed E-state index contributed by atoms with van der Waals surface area (Å²) in [6.45, 7) is 4.17. The predicted molar refractivity (Wildman–Crippen MR) is 110 cm³/mol. The summed E-state index contributed by atoms with van der Waals surface area (Å²) in [6, 6.07) is 6.14. The molecule has 1 fully saturated rings. The first-order valence-electron chi connectivity index (χ1n) is 8.62. The largest absolute Gasteiger partial charge is 0.416 e.